The van der Waals surface area contributed by atoms with Gasteiger partial charge in [0.25, 0.3) is 5.91 Å². The number of nitrogens with zero attached hydrogens (tertiary/aromatic N) is 1. The first-order valence-electron chi connectivity index (χ1n) is 7.27. The summed E-state index contributed by atoms with van der Waals surface area (Å²) in [6, 6.07) is 22.9. The molecule has 0 aliphatic carbocycles. The lowest BCUT2D eigenvalue weighted by molar-refractivity contribution is 0.0941. The van der Waals surface area contributed by atoms with E-state index in [1.165, 1.54) is 0 Å². The summed E-state index contributed by atoms with van der Waals surface area (Å²) in [4.78, 5) is 17.1. The Morgan fingerprint density at radius 2 is 1.61 bits per heavy atom. The molecule has 1 aromatic heterocycles. The van der Waals surface area contributed by atoms with Crippen LogP contribution in [0.15, 0.2) is 79.0 Å². The van der Waals surface area contributed by atoms with Crippen LogP contribution < -0.4 is 5.32 Å². The van der Waals surface area contributed by atoms with Gasteiger partial charge in [-0.1, -0.05) is 48.5 Å². The van der Waals surface area contributed by atoms with Crippen molar-refractivity contribution in [2.24, 2.45) is 0 Å². The van der Waals surface area contributed by atoms with Crippen LogP contribution in [0.4, 0.5) is 0 Å². The Bertz CT molecular complexity index is 751. The summed E-state index contributed by atoms with van der Waals surface area (Å²) < 4.78 is 0.926. The van der Waals surface area contributed by atoms with Gasteiger partial charge in [-0.2, -0.15) is 0 Å². The van der Waals surface area contributed by atoms with E-state index in [0.717, 1.165) is 14.8 Å². The van der Waals surface area contributed by atoms with Crippen molar-refractivity contribution in [3.8, 4) is 0 Å². The van der Waals surface area contributed by atoms with E-state index in [2.05, 4.69) is 32.9 Å². The molecule has 1 N–H and O–H groups in total. The molecule has 3 rings (SSSR count). The zero-order chi connectivity index (χ0) is 16.1. The van der Waals surface area contributed by atoms with Gasteiger partial charge < -0.3 is 5.32 Å². The predicted molar refractivity (Wildman–Crippen MR) is 99.1 cm³/mol. The average molecular weight is 414 g/mol. The number of carbonyl (C=O) groups excluding carboxylic acids is 1. The second-order valence-corrected chi connectivity index (χ2v) is 6.21. The van der Waals surface area contributed by atoms with Gasteiger partial charge in [0, 0.05) is 9.77 Å². The number of rotatable bonds is 4. The van der Waals surface area contributed by atoms with Crippen molar-refractivity contribution in [3.63, 3.8) is 0 Å². The quantitative estimate of drug-likeness (QED) is 0.651. The van der Waals surface area contributed by atoms with E-state index < -0.39 is 0 Å². The van der Waals surface area contributed by atoms with Crippen LogP contribution in [-0.2, 0) is 0 Å². The van der Waals surface area contributed by atoms with E-state index in [1.54, 1.807) is 6.20 Å². The van der Waals surface area contributed by atoms with Crippen molar-refractivity contribution in [2.45, 2.75) is 6.04 Å². The molecule has 1 amide bonds. The van der Waals surface area contributed by atoms with Crippen LogP contribution in [0, 0.1) is 3.57 Å². The number of hydrogen-bond acceptors (Lipinski definition) is 2. The SMILES string of the molecule is O=C(NC(c1ccccc1)c1ccccn1)c1ccccc1I. The summed E-state index contributed by atoms with van der Waals surface area (Å²) in [6.45, 7) is 0. The molecule has 0 aliphatic rings. The molecule has 114 valence electrons. The highest BCUT2D eigenvalue weighted by atomic mass is 127. The highest BCUT2D eigenvalue weighted by Crippen LogP contribution is 2.21. The molecule has 0 saturated carbocycles. The van der Waals surface area contributed by atoms with Crippen LogP contribution in [-0.4, -0.2) is 10.9 Å². The number of amides is 1. The number of halogens is 1. The first kappa shape index (κ1) is 15.7. The molecule has 1 heterocycles. The summed E-state index contributed by atoms with van der Waals surface area (Å²) in [5.74, 6) is -0.102. The molecular weight excluding hydrogens is 399 g/mol. The number of pyridine rings is 1. The van der Waals surface area contributed by atoms with Gasteiger partial charge in [0.1, 0.15) is 0 Å². The molecule has 3 nitrogen and oxygen atoms in total. The smallest absolute Gasteiger partial charge is 0.253 e. The molecule has 0 aliphatic heterocycles. The van der Waals surface area contributed by atoms with Gasteiger partial charge in [0.2, 0.25) is 0 Å². The van der Waals surface area contributed by atoms with Crippen LogP contribution in [0.1, 0.15) is 27.7 Å². The third-order valence-electron chi connectivity index (χ3n) is 3.51. The Labute approximate surface area is 148 Å². The topological polar surface area (TPSA) is 42.0 Å². The first-order chi connectivity index (χ1) is 11.3. The maximum atomic E-state index is 12.7. The normalized spacial score (nSPS) is 11.7. The Balaban J connectivity index is 1.94. The van der Waals surface area contributed by atoms with Crippen LogP contribution in [0.2, 0.25) is 0 Å². The van der Waals surface area contributed by atoms with Gasteiger partial charge in [-0.05, 0) is 52.4 Å². The van der Waals surface area contributed by atoms with E-state index >= 15 is 0 Å². The summed E-state index contributed by atoms with van der Waals surface area (Å²) in [6.07, 6.45) is 1.74. The lowest BCUT2D eigenvalue weighted by Crippen LogP contribution is -2.30. The van der Waals surface area contributed by atoms with Crippen molar-refractivity contribution in [1.29, 1.82) is 0 Å². The molecule has 3 aromatic rings. The van der Waals surface area contributed by atoms with Gasteiger partial charge in [-0.15, -0.1) is 0 Å². The summed E-state index contributed by atoms with van der Waals surface area (Å²) in [5.41, 5.74) is 2.49. The Kier molecular flexibility index (Phi) is 5.02. The van der Waals surface area contributed by atoms with Crippen molar-refractivity contribution >= 4 is 28.5 Å². The summed E-state index contributed by atoms with van der Waals surface area (Å²) >= 11 is 2.18. The van der Waals surface area contributed by atoms with Gasteiger partial charge in [-0.3, -0.25) is 9.78 Å². The van der Waals surface area contributed by atoms with Gasteiger partial charge in [0.15, 0.2) is 0 Å². The zero-order valence-corrected chi connectivity index (χ0v) is 14.5. The van der Waals surface area contributed by atoms with E-state index in [9.17, 15) is 4.79 Å². The molecule has 1 atom stereocenters. The molecule has 1 unspecified atom stereocenters. The molecule has 0 bridgehead atoms. The van der Waals surface area contributed by atoms with E-state index in [1.807, 2.05) is 72.8 Å². The average Bonchev–Trinajstić information content (AvgIpc) is 2.61. The predicted octanol–water partition coefficient (Wildman–Crippen LogP) is 4.21. The molecule has 0 spiro atoms. The molecule has 0 fully saturated rings. The fraction of sp³-hybridized carbons (Fsp3) is 0.0526. The van der Waals surface area contributed by atoms with Crippen molar-refractivity contribution in [1.82, 2.24) is 10.3 Å². The Morgan fingerprint density at radius 3 is 2.30 bits per heavy atom. The number of benzene rings is 2. The molecule has 23 heavy (non-hydrogen) atoms. The van der Waals surface area contributed by atoms with E-state index in [0.29, 0.717) is 5.56 Å². The summed E-state index contributed by atoms with van der Waals surface area (Å²) in [7, 11) is 0. The second kappa shape index (κ2) is 7.37. The minimum absolute atomic E-state index is 0.102. The maximum Gasteiger partial charge on any atom is 0.253 e. The van der Waals surface area contributed by atoms with Crippen LogP contribution >= 0.6 is 22.6 Å². The van der Waals surface area contributed by atoms with Gasteiger partial charge in [0.05, 0.1) is 17.3 Å². The monoisotopic (exact) mass is 414 g/mol. The Hall–Kier alpha value is -2.21. The largest absolute Gasteiger partial charge is 0.340 e. The lowest BCUT2D eigenvalue weighted by atomic mass is 10.0. The number of aromatic nitrogens is 1. The number of carbonyl (C=O) groups is 1. The molecule has 2 aromatic carbocycles. The molecule has 0 saturated heterocycles. The third-order valence-corrected chi connectivity index (χ3v) is 4.45. The lowest BCUT2D eigenvalue weighted by Gasteiger charge is -2.19. The fourth-order valence-corrected chi connectivity index (χ4v) is 3.01. The highest BCUT2D eigenvalue weighted by Gasteiger charge is 2.19. The highest BCUT2D eigenvalue weighted by molar-refractivity contribution is 14.1. The van der Waals surface area contributed by atoms with E-state index in [-0.39, 0.29) is 11.9 Å². The fourth-order valence-electron chi connectivity index (χ4n) is 2.37. The zero-order valence-electron chi connectivity index (χ0n) is 12.3. The maximum absolute atomic E-state index is 12.7. The van der Waals surface area contributed by atoms with Crippen molar-refractivity contribution < 1.29 is 4.79 Å². The van der Waals surface area contributed by atoms with E-state index in [4.69, 9.17) is 0 Å². The third kappa shape index (κ3) is 3.76. The second-order valence-electron chi connectivity index (χ2n) is 5.05. The first-order valence-corrected chi connectivity index (χ1v) is 8.35. The minimum Gasteiger partial charge on any atom is -0.340 e. The van der Waals surface area contributed by atoms with Gasteiger partial charge >= 0.3 is 0 Å². The number of nitrogens with one attached hydrogen (secondary N) is 1. The molecule has 4 heteroatoms. The minimum atomic E-state index is -0.277. The van der Waals surface area contributed by atoms with Crippen LogP contribution in [0.5, 0.6) is 0 Å². The number of hydrogen-bond donors (Lipinski definition) is 1. The summed E-state index contributed by atoms with van der Waals surface area (Å²) in [5, 5.41) is 3.10. The Morgan fingerprint density at radius 1 is 0.913 bits per heavy atom. The van der Waals surface area contributed by atoms with Crippen molar-refractivity contribution in [2.75, 3.05) is 0 Å². The van der Waals surface area contributed by atoms with Gasteiger partial charge in [-0.25, -0.2) is 0 Å². The standard InChI is InChI=1S/C19H15IN2O/c20-16-11-5-4-10-15(16)19(23)22-18(14-8-2-1-3-9-14)17-12-6-7-13-21-17/h1-13,18H,(H,22,23). The van der Waals surface area contributed by atoms with Crippen molar-refractivity contribution in [3.05, 3.63) is 99.4 Å². The molecule has 0 radical (unpaired) electrons. The van der Waals surface area contributed by atoms with Crippen LogP contribution in [0.3, 0.4) is 0 Å². The molecular formula is C19H15IN2O. The van der Waals surface area contributed by atoms with Crippen LogP contribution in [0.25, 0.3) is 0 Å².